The third-order valence-electron chi connectivity index (χ3n) is 4.36. The minimum Gasteiger partial charge on any atom is -0.352 e. The van der Waals surface area contributed by atoms with Crippen LogP contribution in [0.4, 0.5) is 0 Å². The number of aromatic nitrogens is 3. The van der Waals surface area contributed by atoms with Crippen LogP contribution in [0.1, 0.15) is 43.0 Å². The minimum absolute atomic E-state index is 0.128. The van der Waals surface area contributed by atoms with E-state index in [0.29, 0.717) is 23.1 Å². The highest BCUT2D eigenvalue weighted by Crippen LogP contribution is 2.30. The first-order valence-electron chi connectivity index (χ1n) is 9.18. The van der Waals surface area contributed by atoms with E-state index in [4.69, 9.17) is 11.6 Å². The van der Waals surface area contributed by atoms with Crippen LogP contribution in [-0.2, 0) is 0 Å². The number of rotatable bonds is 8. The van der Waals surface area contributed by atoms with Crippen molar-refractivity contribution in [1.29, 1.82) is 0 Å². The number of allylic oxidation sites excluding steroid dienone is 2. The molecule has 6 heteroatoms. The van der Waals surface area contributed by atoms with Gasteiger partial charge in [-0.1, -0.05) is 36.2 Å². The molecule has 3 rings (SSSR count). The zero-order valence-corrected chi connectivity index (χ0v) is 16.1. The van der Waals surface area contributed by atoms with Gasteiger partial charge in [0.15, 0.2) is 0 Å². The van der Waals surface area contributed by atoms with Crippen LogP contribution >= 0.6 is 11.6 Å². The van der Waals surface area contributed by atoms with Crippen molar-refractivity contribution >= 4 is 28.4 Å². The van der Waals surface area contributed by atoms with Crippen LogP contribution in [-0.4, -0.2) is 27.0 Å². The standard InChI is InChI=1S/C21H23ClN4O/c1-2-3-4-5-6-7-12-23-20(27)16-15-26(21-24-13-9-14-25-21)18-11-8-10-17(22)19(16)18/h2-3,8-11,13-15H,4-7,12H2,1H3,(H,23,27)/b3-2-. The lowest BCUT2D eigenvalue weighted by molar-refractivity contribution is 0.0954. The van der Waals surface area contributed by atoms with E-state index < -0.39 is 0 Å². The molecule has 140 valence electrons. The average molecular weight is 383 g/mol. The Morgan fingerprint density at radius 3 is 2.78 bits per heavy atom. The van der Waals surface area contributed by atoms with Crippen molar-refractivity contribution in [3.63, 3.8) is 0 Å². The van der Waals surface area contributed by atoms with Crippen LogP contribution in [0.15, 0.2) is 55.0 Å². The molecule has 0 aliphatic carbocycles. The zero-order chi connectivity index (χ0) is 19.1. The van der Waals surface area contributed by atoms with E-state index in [1.54, 1.807) is 35.3 Å². The molecule has 3 aromatic rings. The van der Waals surface area contributed by atoms with Gasteiger partial charge in [-0.2, -0.15) is 0 Å². The molecule has 0 fully saturated rings. The fourth-order valence-electron chi connectivity index (χ4n) is 3.02. The predicted molar refractivity (Wildman–Crippen MR) is 109 cm³/mol. The van der Waals surface area contributed by atoms with E-state index in [-0.39, 0.29) is 5.91 Å². The van der Waals surface area contributed by atoms with Crippen molar-refractivity contribution in [1.82, 2.24) is 19.9 Å². The highest BCUT2D eigenvalue weighted by Gasteiger charge is 2.18. The smallest absolute Gasteiger partial charge is 0.253 e. The lowest BCUT2D eigenvalue weighted by Crippen LogP contribution is -2.24. The molecule has 2 heterocycles. The summed E-state index contributed by atoms with van der Waals surface area (Å²) in [4.78, 5) is 21.3. The SMILES string of the molecule is C/C=C\CCCCCNC(=O)c1cn(-c2ncccn2)c2cccc(Cl)c12. The van der Waals surface area contributed by atoms with E-state index in [0.717, 1.165) is 36.6 Å². The maximum Gasteiger partial charge on any atom is 0.253 e. The Morgan fingerprint density at radius 1 is 1.19 bits per heavy atom. The maximum absolute atomic E-state index is 12.8. The third kappa shape index (κ3) is 4.55. The zero-order valence-electron chi connectivity index (χ0n) is 15.4. The fourth-order valence-corrected chi connectivity index (χ4v) is 3.30. The van der Waals surface area contributed by atoms with Gasteiger partial charge >= 0.3 is 0 Å². The third-order valence-corrected chi connectivity index (χ3v) is 4.67. The number of nitrogens with one attached hydrogen (secondary N) is 1. The number of nitrogens with zero attached hydrogens (tertiary/aromatic N) is 3. The predicted octanol–water partition coefficient (Wildman–Crippen LogP) is 4.94. The highest BCUT2D eigenvalue weighted by molar-refractivity contribution is 6.37. The Kier molecular flexibility index (Phi) is 6.60. The molecule has 2 aromatic heterocycles. The second-order valence-electron chi connectivity index (χ2n) is 6.27. The topological polar surface area (TPSA) is 59.8 Å². The Bertz CT molecular complexity index is 934. The molecule has 0 aliphatic heterocycles. The Balaban J connectivity index is 1.77. The van der Waals surface area contributed by atoms with Crippen molar-refractivity contribution in [3.8, 4) is 5.95 Å². The number of fused-ring (bicyclic) bond motifs is 1. The lowest BCUT2D eigenvalue weighted by atomic mass is 10.1. The van der Waals surface area contributed by atoms with Crippen LogP contribution in [0.5, 0.6) is 0 Å². The van der Waals surface area contributed by atoms with Crippen molar-refractivity contribution in [3.05, 3.63) is 65.6 Å². The van der Waals surface area contributed by atoms with Gasteiger partial charge in [0.1, 0.15) is 0 Å². The molecule has 0 spiro atoms. The Labute approximate surface area is 164 Å². The second kappa shape index (κ2) is 9.33. The number of amides is 1. The van der Waals surface area contributed by atoms with Gasteiger partial charge in [-0.05, 0) is 44.4 Å². The number of hydrogen-bond acceptors (Lipinski definition) is 3. The molecule has 1 amide bonds. The molecule has 0 bridgehead atoms. The van der Waals surface area contributed by atoms with Crippen molar-refractivity contribution in [2.45, 2.75) is 32.6 Å². The minimum atomic E-state index is -0.128. The number of carbonyl (C=O) groups excluding carboxylic acids is 1. The summed E-state index contributed by atoms with van der Waals surface area (Å²) in [5, 5.41) is 4.26. The summed E-state index contributed by atoms with van der Waals surface area (Å²) in [7, 11) is 0. The van der Waals surface area contributed by atoms with Crippen LogP contribution in [0.25, 0.3) is 16.9 Å². The summed E-state index contributed by atoms with van der Waals surface area (Å²) >= 11 is 6.40. The van der Waals surface area contributed by atoms with Gasteiger partial charge in [-0.25, -0.2) is 9.97 Å². The average Bonchev–Trinajstić information content (AvgIpc) is 3.09. The molecule has 0 aliphatic rings. The van der Waals surface area contributed by atoms with E-state index in [1.165, 1.54) is 0 Å². The number of unbranched alkanes of at least 4 members (excludes halogenated alkanes) is 3. The van der Waals surface area contributed by atoms with Crippen LogP contribution in [0, 0.1) is 0 Å². The molecule has 27 heavy (non-hydrogen) atoms. The van der Waals surface area contributed by atoms with Gasteiger partial charge in [0.05, 0.1) is 16.1 Å². The molecule has 0 saturated carbocycles. The first-order chi connectivity index (χ1) is 13.2. The summed E-state index contributed by atoms with van der Waals surface area (Å²) < 4.78 is 1.80. The second-order valence-corrected chi connectivity index (χ2v) is 6.68. The molecular formula is C21H23ClN4O. The first-order valence-corrected chi connectivity index (χ1v) is 9.56. The molecule has 0 saturated heterocycles. The van der Waals surface area contributed by atoms with Gasteiger partial charge < -0.3 is 5.32 Å². The van der Waals surface area contributed by atoms with Crippen LogP contribution in [0.3, 0.4) is 0 Å². The maximum atomic E-state index is 12.8. The molecule has 0 atom stereocenters. The molecular weight excluding hydrogens is 360 g/mol. The quantitative estimate of drug-likeness (QED) is 0.443. The number of benzene rings is 1. The summed E-state index contributed by atoms with van der Waals surface area (Å²) in [6, 6.07) is 7.32. The van der Waals surface area contributed by atoms with Crippen molar-refractivity contribution < 1.29 is 4.79 Å². The number of hydrogen-bond donors (Lipinski definition) is 1. The van der Waals surface area contributed by atoms with E-state index in [9.17, 15) is 4.79 Å². The van der Waals surface area contributed by atoms with E-state index >= 15 is 0 Å². The fraction of sp³-hybridized carbons (Fsp3) is 0.286. The highest BCUT2D eigenvalue weighted by atomic mass is 35.5. The van der Waals surface area contributed by atoms with Gasteiger partial charge in [0.25, 0.3) is 5.91 Å². The van der Waals surface area contributed by atoms with Gasteiger partial charge in [0.2, 0.25) is 5.95 Å². The van der Waals surface area contributed by atoms with Crippen LogP contribution in [0.2, 0.25) is 5.02 Å². The summed E-state index contributed by atoms with van der Waals surface area (Å²) in [6.45, 7) is 2.68. The number of halogens is 1. The molecule has 0 unspecified atom stereocenters. The molecule has 0 radical (unpaired) electrons. The summed E-state index contributed by atoms with van der Waals surface area (Å²) in [6.07, 6.45) is 13.6. The lowest BCUT2D eigenvalue weighted by Gasteiger charge is -2.04. The summed E-state index contributed by atoms with van der Waals surface area (Å²) in [5.41, 5.74) is 1.35. The Hall–Kier alpha value is -2.66. The van der Waals surface area contributed by atoms with Gasteiger partial charge in [-0.3, -0.25) is 9.36 Å². The molecule has 5 nitrogen and oxygen atoms in total. The van der Waals surface area contributed by atoms with E-state index in [2.05, 4.69) is 27.4 Å². The van der Waals surface area contributed by atoms with E-state index in [1.807, 2.05) is 19.1 Å². The van der Waals surface area contributed by atoms with Crippen molar-refractivity contribution in [2.24, 2.45) is 0 Å². The molecule has 1 aromatic carbocycles. The molecule has 1 N–H and O–H groups in total. The van der Waals surface area contributed by atoms with Gasteiger partial charge in [0, 0.05) is 30.5 Å². The van der Waals surface area contributed by atoms with Crippen LogP contribution < -0.4 is 5.32 Å². The number of carbonyl (C=O) groups is 1. The summed E-state index contributed by atoms with van der Waals surface area (Å²) in [5.74, 6) is 0.379. The monoisotopic (exact) mass is 382 g/mol. The first kappa shape index (κ1) is 19.1. The normalized spacial score (nSPS) is 11.3. The Morgan fingerprint density at radius 2 is 2.00 bits per heavy atom. The van der Waals surface area contributed by atoms with Gasteiger partial charge in [-0.15, -0.1) is 0 Å². The van der Waals surface area contributed by atoms with Crippen molar-refractivity contribution in [2.75, 3.05) is 6.54 Å². The largest absolute Gasteiger partial charge is 0.352 e.